The zero-order valence-corrected chi connectivity index (χ0v) is 18.4. The van der Waals surface area contributed by atoms with E-state index in [2.05, 4.69) is 10.5 Å². The van der Waals surface area contributed by atoms with Crippen molar-refractivity contribution in [3.8, 4) is 11.5 Å². The monoisotopic (exact) mass is 453 g/mol. The summed E-state index contributed by atoms with van der Waals surface area (Å²) in [7, 11) is -4.02. The molecule has 8 nitrogen and oxygen atoms in total. The lowest BCUT2D eigenvalue weighted by Crippen LogP contribution is -2.39. The van der Waals surface area contributed by atoms with Gasteiger partial charge in [-0.15, -0.1) is 0 Å². The maximum Gasteiger partial charge on any atom is 0.264 e. The maximum absolute atomic E-state index is 13.3. The maximum atomic E-state index is 13.3. The Bertz CT molecular complexity index is 1260. The number of carbonyl (C=O) groups is 1. The van der Waals surface area contributed by atoms with E-state index < -0.39 is 22.5 Å². The summed E-state index contributed by atoms with van der Waals surface area (Å²) in [5, 5.41) is 23.1. The average molecular weight is 454 g/mol. The lowest BCUT2D eigenvalue weighted by molar-refractivity contribution is -0.119. The molecule has 0 spiro atoms. The molecule has 0 heterocycles. The number of benzene rings is 3. The van der Waals surface area contributed by atoms with Crippen LogP contribution in [0.25, 0.3) is 0 Å². The normalized spacial score (nSPS) is 11.4. The predicted molar refractivity (Wildman–Crippen MR) is 122 cm³/mol. The van der Waals surface area contributed by atoms with Crippen molar-refractivity contribution in [2.45, 2.75) is 18.7 Å². The first kappa shape index (κ1) is 22.8. The van der Waals surface area contributed by atoms with Crippen molar-refractivity contribution >= 4 is 27.8 Å². The van der Waals surface area contributed by atoms with Gasteiger partial charge >= 0.3 is 0 Å². The summed E-state index contributed by atoms with van der Waals surface area (Å²) in [6, 6.07) is 17.3. The van der Waals surface area contributed by atoms with Gasteiger partial charge in [0.1, 0.15) is 6.54 Å². The Labute approximate surface area is 186 Å². The highest BCUT2D eigenvalue weighted by molar-refractivity contribution is 7.92. The molecule has 3 aromatic rings. The van der Waals surface area contributed by atoms with Crippen LogP contribution in [0.3, 0.4) is 0 Å². The summed E-state index contributed by atoms with van der Waals surface area (Å²) in [5.41, 5.74) is 4.67. The Kier molecular flexibility index (Phi) is 6.79. The van der Waals surface area contributed by atoms with E-state index in [9.17, 15) is 23.4 Å². The lowest BCUT2D eigenvalue weighted by atomic mass is 10.1. The molecule has 3 N–H and O–H groups in total. The number of phenols is 2. The molecule has 0 bridgehead atoms. The van der Waals surface area contributed by atoms with Crippen LogP contribution in [0.2, 0.25) is 0 Å². The molecule has 9 heteroatoms. The van der Waals surface area contributed by atoms with Crippen molar-refractivity contribution in [3.05, 3.63) is 83.4 Å². The van der Waals surface area contributed by atoms with E-state index >= 15 is 0 Å². The Morgan fingerprint density at radius 1 is 1.00 bits per heavy atom. The molecule has 3 aromatic carbocycles. The smallest absolute Gasteiger partial charge is 0.264 e. The number of nitrogens with zero attached hydrogens (tertiary/aromatic N) is 2. The average Bonchev–Trinajstić information content (AvgIpc) is 2.77. The summed E-state index contributed by atoms with van der Waals surface area (Å²) < 4.78 is 27.6. The Hall–Kier alpha value is -3.85. The van der Waals surface area contributed by atoms with Crippen molar-refractivity contribution in [2.75, 3.05) is 10.8 Å². The summed E-state index contributed by atoms with van der Waals surface area (Å²) in [6.07, 6.45) is 1.15. The van der Waals surface area contributed by atoms with Crippen molar-refractivity contribution in [1.29, 1.82) is 0 Å². The molecule has 0 aliphatic carbocycles. The number of amides is 1. The van der Waals surface area contributed by atoms with Crippen LogP contribution in [0.1, 0.15) is 16.7 Å². The third kappa shape index (κ3) is 5.06. The Morgan fingerprint density at radius 2 is 1.72 bits per heavy atom. The van der Waals surface area contributed by atoms with E-state index in [1.54, 1.807) is 36.4 Å². The number of phenolic OH excluding ortho intramolecular Hbond substituents is 2. The number of para-hydroxylation sites is 1. The summed E-state index contributed by atoms with van der Waals surface area (Å²) in [5.74, 6) is -1.39. The first-order chi connectivity index (χ1) is 15.2. The molecule has 0 radical (unpaired) electrons. The molecular formula is C23H23N3O5S. The fraction of sp³-hybridized carbons (Fsp3) is 0.130. The van der Waals surface area contributed by atoms with Crippen LogP contribution < -0.4 is 9.73 Å². The molecule has 166 valence electrons. The lowest BCUT2D eigenvalue weighted by Gasteiger charge is -2.24. The number of anilines is 1. The summed E-state index contributed by atoms with van der Waals surface area (Å²) in [6.45, 7) is 3.26. The van der Waals surface area contributed by atoms with Crippen molar-refractivity contribution < 1.29 is 23.4 Å². The first-order valence-electron chi connectivity index (χ1n) is 9.68. The van der Waals surface area contributed by atoms with Crippen LogP contribution >= 0.6 is 0 Å². The van der Waals surface area contributed by atoms with Gasteiger partial charge in [-0.1, -0.05) is 30.3 Å². The van der Waals surface area contributed by atoms with Gasteiger partial charge in [-0.2, -0.15) is 5.10 Å². The molecule has 0 unspecified atom stereocenters. The second-order valence-electron chi connectivity index (χ2n) is 7.10. The topological polar surface area (TPSA) is 119 Å². The number of hydrogen-bond donors (Lipinski definition) is 3. The number of nitrogens with one attached hydrogen (secondary N) is 1. The van der Waals surface area contributed by atoms with Crippen LogP contribution in [0.15, 0.2) is 76.7 Å². The second kappa shape index (κ2) is 9.52. The molecule has 1 amide bonds. The van der Waals surface area contributed by atoms with Crippen molar-refractivity contribution in [2.24, 2.45) is 5.10 Å². The first-order valence-corrected chi connectivity index (χ1v) is 11.1. The molecule has 32 heavy (non-hydrogen) atoms. The standard InChI is InChI=1S/C23H23N3O5S/c1-16-11-12-19(13-17(16)2)26(32(30,31)20-8-4-3-5-9-20)15-22(28)25-24-14-18-7-6-10-21(27)23(18)29/h3-14,27,29H,15H2,1-2H3,(H,25,28). The number of sulfonamides is 1. The van der Waals surface area contributed by atoms with Crippen LogP contribution in [-0.4, -0.2) is 37.3 Å². The van der Waals surface area contributed by atoms with Crippen LogP contribution in [-0.2, 0) is 14.8 Å². The summed E-state index contributed by atoms with van der Waals surface area (Å²) >= 11 is 0. The van der Waals surface area contributed by atoms with Crippen LogP contribution in [0, 0.1) is 13.8 Å². The van der Waals surface area contributed by atoms with Gasteiger partial charge < -0.3 is 10.2 Å². The SMILES string of the molecule is Cc1ccc(N(CC(=O)NN=Cc2cccc(O)c2O)S(=O)(=O)c2ccccc2)cc1C. The third-order valence-electron chi connectivity index (χ3n) is 4.84. The molecule has 0 aromatic heterocycles. The highest BCUT2D eigenvalue weighted by Gasteiger charge is 2.27. The van der Waals surface area contributed by atoms with Crippen molar-refractivity contribution in [3.63, 3.8) is 0 Å². The highest BCUT2D eigenvalue weighted by Crippen LogP contribution is 2.27. The highest BCUT2D eigenvalue weighted by atomic mass is 32.2. The fourth-order valence-electron chi connectivity index (χ4n) is 2.91. The second-order valence-corrected chi connectivity index (χ2v) is 8.96. The van der Waals surface area contributed by atoms with Gasteiger partial charge in [0.15, 0.2) is 11.5 Å². The number of aryl methyl sites for hydroxylation is 2. The van der Waals surface area contributed by atoms with E-state index in [0.717, 1.165) is 21.6 Å². The minimum atomic E-state index is -4.02. The van der Waals surface area contributed by atoms with E-state index in [0.29, 0.717) is 5.69 Å². The molecule has 3 rings (SSSR count). The van der Waals surface area contributed by atoms with E-state index in [-0.39, 0.29) is 22.0 Å². The van der Waals surface area contributed by atoms with Gasteiger partial charge in [-0.05, 0) is 61.4 Å². The Balaban J connectivity index is 1.87. The van der Waals surface area contributed by atoms with Gasteiger partial charge in [0.05, 0.1) is 16.8 Å². The zero-order chi connectivity index (χ0) is 23.3. The Morgan fingerprint density at radius 3 is 2.41 bits per heavy atom. The number of carbonyl (C=O) groups excluding carboxylic acids is 1. The molecular weight excluding hydrogens is 430 g/mol. The van der Waals surface area contributed by atoms with Gasteiger partial charge in [0.25, 0.3) is 15.9 Å². The number of aromatic hydroxyl groups is 2. The number of rotatable bonds is 7. The minimum absolute atomic E-state index is 0.0548. The summed E-state index contributed by atoms with van der Waals surface area (Å²) in [4.78, 5) is 12.6. The van der Waals surface area contributed by atoms with Gasteiger partial charge in [-0.25, -0.2) is 13.8 Å². The molecule has 0 aliphatic heterocycles. The van der Waals surface area contributed by atoms with Crippen LogP contribution in [0.4, 0.5) is 5.69 Å². The van der Waals surface area contributed by atoms with Crippen molar-refractivity contribution in [1.82, 2.24) is 5.43 Å². The van der Waals surface area contributed by atoms with E-state index in [1.807, 2.05) is 13.8 Å². The largest absolute Gasteiger partial charge is 0.504 e. The van der Waals surface area contributed by atoms with Crippen LogP contribution in [0.5, 0.6) is 11.5 Å². The van der Waals surface area contributed by atoms with Gasteiger partial charge in [0.2, 0.25) is 0 Å². The molecule has 0 aliphatic rings. The predicted octanol–water partition coefficient (Wildman–Crippen LogP) is 3.06. The minimum Gasteiger partial charge on any atom is -0.504 e. The quantitative estimate of drug-likeness (QED) is 0.289. The zero-order valence-electron chi connectivity index (χ0n) is 17.6. The van der Waals surface area contributed by atoms with E-state index in [1.165, 1.54) is 30.3 Å². The van der Waals surface area contributed by atoms with Gasteiger partial charge in [0, 0.05) is 5.56 Å². The molecule has 0 saturated carbocycles. The third-order valence-corrected chi connectivity index (χ3v) is 6.62. The number of hydrazone groups is 1. The fourth-order valence-corrected chi connectivity index (χ4v) is 4.34. The van der Waals surface area contributed by atoms with E-state index in [4.69, 9.17) is 0 Å². The number of hydrogen-bond acceptors (Lipinski definition) is 6. The molecule has 0 fully saturated rings. The molecule has 0 saturated heterocycles. The van der Waals surface area contributed by atoms with Gasteiger partial charge in [-0.3, -0.25) is 9.10 Å². The molecule has 0 atom stereocenters.